The predicted molar refractivity (Wildman–Crippen MR) is 68.9 cm³/mol. The van der Waals surface area contributed by atoms with Gasteiger partial charge in [0.2, 0.25) is 5.89 Å². The molecule has 2 N–H and O–H groups in total. The summed E-state index contributed by atoms with van der Waals surface area (Å²) >= 11 is 0. The van der Waals surface area contributed by atoms with Gasteiger partial charge in [-0.1, -0.05) is 25.9 Å². The van der Waals surface area contributed by atoms with Crippen LogP contribution in [0.5, 0.6) is 0 Å². The van der Waals surface area contributed by atoms with Crippen LogP contribution in [0.25, 0.3) is 0 Å². The zero-order chi connectivity index (χ0) is 13.0. The van der Waals surface area contributed by atoms with Gasteiger partial charge in [0.05, 0.1) is 5.54 Å². The van der Waals surface area contributed by atoms with E-state index in [0.29, 0.717) is 11.3 Å². The van der Waals surface area contributed by atoms with Crippen molar-refractivity contribution in [3.05, 3.63) is 11.7 Å². The minimum Gasteiger partial charge on any atom is -0.339 e. The lowest BCUT2D eigenvalue weighted by atomic mass is 9.77. The highest BCUT2D eigenvalue weighted by Gasteiger charge is 2.51. The monoisotopic (exact) mass is 249 g/mol. The van der Waals surface area contributed by atoms with Crippen LogP contribution in [0.15, 0.2) is 4.52 Å². The van der Waals surface area contributed by atoms with Gasteiger partial charge in [0.1, 0.15) is 0 Å². The fourth-order valence-corrected chi connectivity index (χ4v) is 2.97. The van der Waals surface area contributed by atoms with Crippen molar-refractivity contribution in [1.82, 2.24) is 10.1 Å². The van der Waals surface area contributed by atoms with Crippen molar-refractivity contribution in [2.24, 2.45) is 17.1 Å². The lowest BCUT2D eigenvalue weighted by Gasteiger charge is -2.33. The Morgan fingerprint density at radius 2 is 1.89 bits per heavy atom. The van der Waals surface area contributed by atoms with Gasteiger partial charge >= 0.3 is 0 Å². The lowest BCUT2D eigenvalue weighted by molar-refractivity contribution is 0.229. The van der Waals surface area contributed by atoms with E-state index in [2.05, 4.69) is 30.9 Å². The standard InChI is InChI=1S/C14H23N3O/c1-9-4-6-14(15,7-5-9)12-16-11(18-17-12)10-8-13(10,2)3/h9-10H,4-8,15H2,1-3H3. The van der Waals surface area contributed by atoms with Crippen LogP contribution < -0.4 is 5.73 Å². The summed E-state index contributed by atoms with van der Waals surface area (Å²) in [7, 11) is 0. The Morgan fingerprint density at radius 3 is 2.44 bits per heavy atom. The highest BCUT2D eigenvalue weighted by Crippen LogP contribution is 2.58. The molecule has 0 bridgehead atoms. The summed E-state index contributed by atoms with van der Waals surface area (Å²) in [5, 5.41) is 4.15. The van der Waals surface area contributed by atoms with Gasteiger partial charge < -0.3 is 10.3 Å². The first-order chi connectivity index (χ1) is 8.41. The van der Waals surface area contributed by atoms with E-state index in [1.54, 1.807) is 0 Å². The smallest absolute Gasteiger partial charge is 0.230 e. The molecule has 0 amide bonds. The van der Waals surface area contributed by atoms with Crippen LogP contribution in [-0.4, -0.2) is 10.1 Å². The Labute approximate surface area is 108 Å². The summed E-state index contributed by atoms with van der Waals surface area (Å²) in [6.45, 7) is 6.76. The van der Waals surface area contributed by atoms with E-state index in [9.17, 15) is 0 Å². The maximum absolute atomic E-state index is 6.46. The minimum atomic E-state index is -0.354. The molecule has 0 aromatic carbocycles. The lowest BCUT2D eigenvalue weighted by Crippen LogP contribution is -2.41. The Hall–Kier alpha value is -0.900. The molecule has 0 aliphatic heterocycles. The van der Waals surface area contributed by atoms with Gasteiger partial charge in [0, 0.05) is 5.92 Å². The Kier molecular flexibility index (Phi) is 2.56. The van der Waals surface area contributed by atoms with Gasteiger partial charge in [-0.05, 0) is 43.4 Å². The van der Waals surface area contributed by atoms with E-state index >= 15 is 0 Å². The van der Waals surface area contributed by atoms with Gasteiger partial charge in [-0.25, -0.2) is 0 Å². The summed E-state index contributed by atoms with van der Waals surface area (Å²) in [4.78, 5) is 4.59. The summed E-state index contributed by atoms with van der Waals surface area (Å²) in [5.41, 5.74) is 6.43. The summed E-state index contributed by atoms with van der Waals surface area (Å²) in [6.07, 6.45) is 5.41. The van der Waals surface area contributed by atoms with Crippen LogP contribution in [0.4, 0.5) is 0 Å². The molecule has 0 radical (unpaired) electrons. The second kappa shape index (κ2) is 3.80. The van der Waals surface area contributed by atoms with Crippen LogP contribution in [0.3, 0.4) is 0 Å². The molecule has 100 valence electrons. The van der Waals surface area contributed by atoms with Crippen LogP contribution >= 0.6 is 0 Å². The third kappa shape index (κ3) is 1.96. The number of hydrogen-bond donors (Lipinski definition) is 1. The van der Waals surface area contributed by atoms with E-state index in [1.165, 1.54) is 0 Å². The maximum atomic E-state index is 6.46. The van der Waals surface area contributed by atoms with E-state index in [0.717, 1.165) is 49.7 Å². The Bertz CT molecular complexity index is 444. The highest BCUT2D eigenvalue weighted by molar-refractivity contribution is 5.15. The van der Waals surface area contributed by atoms with Crippen LogP contribution in [0.2, 0.25) is 0 Å². The molecule has 1 aromatic heterocycles. The van der Waals surface area contributed by atoms with Crippen LogP contribution in [0.1, 0.15) is 70.5 Å². The second-order valence-electron chi connectivity index (χ2n) is 7.04. The van der Waals surface area contributed by atoms with Crippen molar-refractivity contribution in [2.45, 2.75) is 64.3 Å². The maximum Gasteiger partial charge on any atom is 0.230 e. The molecule has 1 heterocycles. The molecule has 4 heteroatoms. The van der Waals surface area contributed by atoms with E-state index < -0.39 is 0 Å². The van der Waals surface area contributed by atoms with Gasteiger partial charge in [-0.2, -0.15) is 4.98 Å². The largest absolute Gasteiger partial charge is 0.339 e. The first-order valence-electron chi connectivity index (χ1n) is 7.04. The third-order valence-corrected chi connectivity index (χ3v) is 4.87. The average Bonchev–Trinajstić information content (AvgIpc) is 2.79. The zero-order valence-electron chi connectivity index (χ0n) is 11.6. The first kappa shape index (κ1) is 12.2. The van der Waals surface area contributed by atoms with Crippen LogP contribution in [-0.2, 0) is 5.54 Å². The zero-order valence-corrected chi connectivity index (χ0v) is 11.6. The molecule has 2 saturated carbocycles. The SMILES string of the molecule is CC1CCC(N)(c2noc(C3CC3(C)C)n2)CC1. The Balaban J connectivity index is 1.77. The molecule has 2 aliphatic carbocycles. The topological polar surface area (TPSA) is 64.9 Å². The van der Waals surface area contributed by atoms with Crippen molar-refractivity contribution < 1.29 is 4.52 Å². The number of nitrogens with zero attached hydrogens (tertiary/aromatic N) is 2. The van der Waals surface area contributed by atoms with Crippen molar-refractivity contribution in [3.8, 4) is 0 Å². The van der Waals surface area contributed by atoms with Crippen molar-refractivity contribution >= 4 is 0 Å². The van der Waals surface area contributed by atoms with E-state index in [-0.39, 0.29) is 5.54 Å². The molecule has 1 unspecified atom stereocenters. The number of aromatic nitrogens is 2. The average molecular weight is 249 g/mol. The third-order valence-electron chi connectivity index (χ3n) is 4.87. The van der Waals surface area contributed by atoms with Gasteiger partial charge in [0.25, 0.3) is 0 Å². The van der Waals surface area contributed by atoms with Crippen molar-refractivity contribution in [3.63, 3.8) is 0 Å². The van der Waals surface area contributed by atoms with Gasteiger partial charge in [-0.3, -0.25) is 0 Å². The molecule has 2 aliphatic rings. The molecule has 18 heavy (non-hydrogen) atoms. The van der Waals surface area contributed by atoms with Crippen molar-refractivity contribution in [1.29, 1.82) is 0 Å². The first-order valence-corrected chi connectivity index (χ1v) is 7.04. The van der Waals surface area contributed by atoms with Gasteiger partial charge in [0.15, 0.2) is 5.82 Å². The van der Waals surface area contributed by atoms with Crippen LogP contribution in [0, 0.1) is 11.3 Å². The van der Waals surface area contributed by atoms with E-state index in [4.69, 9.17) is 10.3 Å². The summed E-state index contributed by atoms with van der Waals surface area (Å²) < 4.78 is 5.43. The normalized spacial score (nSPS) is 38.7. The molecular formula is C14H23N3O. The molecular weight excluding hydrogens is 226 g/mol. The summed E-state index contributed by atoms with van der Waals surface area (Å²) in [5.74, 6) is 2.73. The quantitative estimate of drug-likeness (QED) is 0.875. The molecule has 4 nitrogen and oxygen atoms in total. The molecule has 2 fully saturated rings. The van der Waals surface area contributed by atoms with Gasteiger partial charge in [-0.15, -0.1) is 0 Å². The highest BCUT2D eigenvalue weighted by atomic mass is 16.5. The van der Waals surface area contributed by atoms with E-state index in [1.807, 2.05) is 0 Å². The molecule has 0 saturated heterocycles. The Morgan fingerprint density at radius 1 is 1.28 bits per heavy atom. The fourth-order valence-electron chi connectivity index (χ4n) is 2.97. The molecule has 0 spiro atoms. The molecule has 3 rings (SSSR count). The molecule has 1 atom stereocenters. The summed E-state index contributed by atoms with van der Waals surface area (Å²) in [6, 6.07) is 0. The predicted octanol–water partition coefficient (Wildman–Crippen LogP) is 2.95. The number of rotatable bonds is 2. The number of hydrogen-bond acceptors (Lipinski definition) is 4. The minimum absolute atomic E-state index is 0.326. The number of nitrogens with two attached hydrogens (primary N) is 1. The molecule has 1 aromatic rings. The fraction of sp³-hybridized carbons (Fsp3) is 0.857. The second-order valence-corrected chi connectivity index (χ2v) is 7.04. The van der Waals surface area contributed by atoms with Crippen molar-refractivity contribution in [2.75, 3.05) is 0 Å².